The lowest BCUT2D eigenvalue weighted by molar-refractivity contribution is 0.223. The van der Waals surface area contributed by atoms with Gasteiger partial charge in [0.05, 0.1) is 0 Å². The Labute approximate surface area is 104 Å². The molecule has 0 aliphatic carbocycles. The summed E-state index contributed by atoms with van der Waals surface area (Å²) < 4.78 is 0. The molecule has 0 radical (unpaired) electrons. The second kappa shape index (κ2) is 6.01. The fourth-order valence-corrected chi connectivity index (χ4v) is 2.44. The molecule has 1 unspecified atom stereocenters. The standard InChI is InChI=1S/C14H23N3/c1-12-6-7-15-14(10-12)16-13(2)11-17-8-4-3-5-9-17/h6-7,10,13H,3-5,8-9,11H2,1-2H3,(H,15,16). The number of aryl methyl sites for hydroxylation is 1. The summed E-state index contributed by atoms with van der Waals surface area (Å²) in [6.07, 6.45) is 5.98. The lowest BCUT2D eigenvalue weighted by atomic mass is 10.1. The molecule has 1 N–H and O–H groups in total. The average molecular weight is 233 g/mol. The molecule has 1 aliphatic rings. The van der Waals surface area contributed by atoms with Gasteiger partial charge in [-0.3, -0.25) is 0 Å². The van der Waals surface area contributed by atoms with Gasteiger partial charge in [-0.05, 0) is 57.5 Å². The third kappa shape index (κ3) is 4.00. The highest BCUT2D eigenvalue weighted by Crippen LogP contribution is 2.11. The zero-order chi connectivity index (χ0) is 12.1. The predicted octanol–water partition coefficient (Wildman–Crippen LogP) is 2.68. The first-order chi connectivity index (χ1) is 8.24. The van der Waals surface area contributed by atoms with Crippen LogP contribution in [-0.2, 0) is 0 Å². The molecular formula is C14H23N3. The lowest BCUT2D eigenvalue weighted by Crippen LogP contribution is -2.38. The highest BCUT2D eigenvalue weighted by atomic mass is 15.2. The van der Waals surface area contributed by atoms with E-state index in [0.29, 0.717) is 6.04 Å². The van der Waals surface area contributed by atoms with E-state index in [1.54, 1.807) is 0 Å². The maximum atomic E-state index is 4.34. The molecule has 0 aromatic carbocycles. The van der Waals surface area contributed by atoms with Crippen LogP contribution >= 0.6 is 0 Å². The zero-order valence-corrected chi connectivity index (χ0v) is 10.9. The molecule has 2 heterocycles. The first-order valence-corrected chi connectivity index (χ1v) is 6.65. The number of likely N-dealkylation sites (tertiary alicyclic amines) is 1. The van der Waals surface area contributed by atoms with Crippen molar-refractivity contribution in [2.75, 3.05) is 25.0 Å². The number of pyridine rings is 1. The fraction of sp³-hybridized carbons (Fsp3) is 0.643. The van der Waals surface area contributed by atoms with Crippen molar-refractivity contribution in [3.63, 3.8) is 0 Å². The van der Waals surface area contributed by atoms with Gasteiger partial charge in [-0.1, -0.05) is 6.42 Å². The maximum absolute atomic E-state index is 4.34. The molecule has 0 spiro atoms. The summed E-state index contributed by atoms with van der Waals surface area (Å²) in [7, 11) is 0. The highest BCUT2D eigenvalue weighted by molar-refractivity contribution is 5.37. The van der Waals surface area contributed by atoms with Crippen molar-refractivity contribution in [3.8, 4) is 0 Å². The Kier molecular flexibility index (Phi) is 4.37. The minimum atomic E-state index is 0.461. The van der Waals surface area contributed by atoms with Gasteiger partial charge in [0.15, 0.2) is 0 Å². The molecule has 0 bridgehead atoms. The molecule has 1 aromatic rings. The van der Waals surface area contributed by atoms with E-state index in [1.807, 2.05) is 12.3 Å². The van der Waals surface area contributed by atoms with E-state index in [4.69, 9.17) is 0 Å². The van der Waals surface area contributed by atoms with Gasteiger partial charge >= 0.3 is 0 Å². The first kappa shape index (κ1) is 12.4. The van der Waals surface area contributed by atoms with Gasteiger partial charge in [0.25, 0.3) is 0 Å². The van der Waals surface area contributed by atoms with E-state index in [0.717, 1.165) is 12.4 Å². The molecule has 1 saturated heterocycles. The molecule has 1 aliphatic heterocycles. The molecular weight excluding hydrogens is 210 g/mol. The largest absolute Gasteiger partial charge is 0.366 e. The average Bonchev–Trinajstić information content (AvgIpc) is 2.30. The van der Waals surface area contributed by atoms with E-state index in [9.17, 15) is 0 Å². The van der Waals surface area contributed by atoms with Crippen molar-refractivity contribution in [2.45, 2.75) is 39.2 Å². The Bertz CT molecular complexity index is 345. The molecule has 0 saturated carbocycles. The number of hydrogen-bond donors (Lipinski definition) is 1. The second-order valence-corrected chi connectivity index (χ2v) is 5.13. The maximum Gasteiger partial charge on any atom is 0.126 e. The molecule has 2 rings (SSSR count). The van der Waals surface area contributed by atoms with Crippen molar-refractivity contribution in [2.24, 2.45) is 0 Å². The number of rotatable bonds is 4. The summed E-state index contributed by atoms with van der Waals surface area (Å²) in [4.78, 5) is 6.90. The van der Waals surface area contributed by atoms with E-state index in [2.05, 4.69) is 35.1 Å². The van der Waals surface area contributed by atoms with Gasteiger partial charge in [0.1, 0.15) is 5.82 Å². The Morgan fingerprint density at radius 2 is 2.12 bits per heavy atom. The summed E-state index contributed by atoms with van der Waals surface area (Å²) in [5.74, 6) is 0.995. The molecule has 1 atom stereocenters. The van der Waals surface area contributed by atoms with E-state index in [-0.39, 0.29) is 0 Å². The topological polar surface area (TPSA) is 28.2 Å². The third-order valence-corrected chi connectivity index (χ3v) is 3.29. The SMILES string of the molecule is Cc1ccnc(NC(C)CN2CCCCC2)c1. The summed E-state index contributed by atoms with van der Waals surface area (Å²) in [6.45, 7) is 7.97. The zero-order valence-electron chi connectivity index (χ0n) is 10.9. The molecule has 1 fully saturated rings. The van der Waals surface area contributed by atoms with E-state index < -0.39 is 0 Å². The van der Waals surface area contributed by atoms with Gasteiger partial charge in [0, 0.05) is 18.8 Å². The Morgan fingerprint density at radius 1 is 1.35 bits per heavy atom. The van der Waals surface area contributed by atoms with Crippen molar-refractivity contribution < 1.29 is 0 Å². The van der Waals surface area contributed by atoms with Crippen LogP contribution in [0.4, 0.5) is 5.82 Å². The van der Waals surface area contributed by atoms with Crippen LogP contribution in [0.15, 0.2) is 18.3 Å². The van der Waals surface area contributed by atoms with Crippen LogP contribution in [0.25, 0.3) is 0 Å². The van der Waals surface area contributed by atoms with Crippen LogP contribution < -0.4 is 5.32 Å². The normalized spacial score (nSPS) is 18.9. The van der Waals surface area contributed by atoms with Crippen LogP contribution in [0.3, 0.4) is 0 Å². The Morgan fingerprint density at radius 3 is 2.82 bits per heavy atom. The van der Waals surface area contributed by atoms with Crippen molar-refractivity contribution in [3.05, 3.63) is 23.9 Å². The number of anilines is 1. The number of aromatic nitrogens is 1. The van der Waals surface area contributed by atoms with E-state index >= 15 is 0 Å². The summed E-state index contributed by atoms with van der Waals surface area (Å²) >= 11 is 0. The molecule has 3 nitrogen and oxygen atoms in total. The lowest BCUT2D eigenvalue weighted by Gasteiger charge is -2.29. The number of nitrogens with zero attached hydrogens (tertiary/aromatic N) is 2. The van der Waals surface area contributed by atoms with Crippen molar-refractivity contribution >= 4 is 5.82 Å². The van der Waals surface area contributed by atoms with Crippen LogP contribution in [0, 0.1) is 6.92 Å². The Hall–Kier alpha value is -1.09. The number of nitrogens with one attached hydrogen (secondary N) is 1. The van der Waals surface area contributed by atoms with Crippen LogP contribution in [-0.4, -0.2) is 35.6 Å². The summed E-state index contributed by atoms with van der Waals surface area (Å²) in [5, 5.41) is 3.48. The minimum Gasteiger partial charge on any atom is -0.366 e. The minimum absolute atomic E-state index is 0.461. The second-order valence-electron chi connectivity index (χ2n) is 5.13. The fourth-order valence-electron chi connectivity index (χ4n) is 2.44. The van der Waals surface area contributed by atoms with E-state index in [1.165, 1.54) is 37.9 Å². The quantitative estimate of drug-likeness (QED) is 0.866. The van der Waals surface area contributed by atoms with Gasteiger partial charge in [-0.25, -0.2) is 4.98 Å². The van der Waals surface area contributed by atoms with Crippen molar-refractivity contribution in [1.29, 1.82) is 0 Å². The number of hydrogen-bond acceptors (Lipinski definition) is 3. The van der Waals surface area contributed by atoms with Gasteiger partial charge in [0.2, 0.25) is 0 Å². The molecule has 0 amide bonds. The van der Waals surface area contributed by atoms with Crippen LogP contribution in [0.2, 0.25) is 0 Å². The van der Waals surface area contributed by atoms with Gasteiger partial charge < -0.3 is 10.2 Å². The monoisotopic (exact) mass is 233 g/mol. The predicted molar refractivity (Wildman–Crippen MR) is 72.3 cm³/mol. The third-order valence-electron chi connectivity index (χ3n) is 3.29. The summed E-state index contributed by atoms with van der Waals surface area (Å²) in [5.41, 5.74) is 1.26. The van der Waals surface area contributed by atoms with Gasteiger partial charge in [-0.2, -0.15) is 0 Å². The number of piperidine rings is 1. The molecule has 3 heteroatoms. The van der Waals surface area contributed by atoms with Crippen LogP contribution in [0.5, 0.6) is 0 Å². The summed E-state index contributed by atoms with van der Waals surface area (Å²) in [6, 6.07) is 4.59. The smallest absolute Gasteiger partial charge is 0.126 e. The molecule has 94 valence electrons. The molecule has 17 heavy (non-hydrogen) atoms. The van der Waals surface area contributed by atoms with Crippen LogP contribution in [0.1, 0.15) is 31.7 Å². The molecule has 1 aromatic heterocycles. The Balaban J connectivity index is 1.82. The first-order valence-electron chi connectivity index (χ1n) is 6.65. The van der Waals surface area contributed by atoms with Gasteiger partial charge in [-0.15, -0.1) is 0 Å². The highest BCUT2D eigenvalue weighted by Gasteiger charge is 2.13. The van der Waals surface area contributed by atoms with Crippen molar-refractivity contribution in [1.82, 2.24) is 9.88 Å².